The zero-order valence-electron chi connectivity index (χ0n) is 10.3. The normalized spacial score (nSPS) is 11.0. The number of fused-ring (bicyclic) bond motifs is 1. The summed E-state index contributed by atoms with van der Waals surface area (Å²) in [4.78, 5) is 4.43. The lowest BCUT2D eigenvalue weighted by Crippen LogP contribution is -2.12. The highest BCUT2D eigenvalue weighted by molar-refractivity contribution is 7.18. The maximum Gasteiger partial charge on any atom is 0.0907 e. The van der Waals surface area contributed by atoms with Crippen molar-refractivity contribution in [1.29, 1.82) is 0 Å². The zero-order valence-corrected chi connectivity index (χ0v) is 11.1. The molecular formula is C12H17N3O2S. The van der Waals surface area contributed by atoms with Gasteiger partial charge in [0.2, 0.25) is 0 Å². The summed E-state index contributed by atoms with van der Waals surface area (Å²) < 4.78 is 6.27. The van der Waals surface area contributed by atoms with Gasteiger partial charge in [-0.25, -0.2) is 4.98 Å². The maximum absolute atomic E-state index is 8.57. The second-order valence-corrected chi connectivity index (χ2v) is 5.14. The summed E-state index contributed by atoms with van der Waals surface area (Å²) >= 11 is 1.64. The zero-order chi connectivity index (χ0) is 13.0. The summed E-state index contributed by atoms with van der Waals surface area (Å²) in [7, 11) is 0. The minimum atomic E-state index is 0.0478. The Morgan fingerprint density at radius 1 is 1.44 bits per heavy atom. The number of aliphatic hydroxyl groups excluding tert-OH is 1. The molecule has 6 heteroatoms. The predicted octanol–water partition coefficient (Wildman–Crippen LogP) is 1.61. The number of ether oxygens (including phenoxy) is 1. The van der Waals surface area contributed by atoms with Gasteiger partial charge in [0.25, 0.3) is 0 Å². The van der Waals surface area contributed by atoms with E-state index in [0.717, 1.165) is 20.9 Å². The summed E-state index contributed by atoms with van der Waals surface area (Å²) in [5.41, 5.74) is 8.53. The van der Waals surface area contributed by atoms with Crippen molar-refractivity contribution in [3.05, 3.63) is 17.1 Å². The van der Waals surface area contributed by atoms with Gasteiger partial charge in [-0.05, 0) is 19.1 Å². The standard InChI is InChI=1S/C12H17N3O2S/c1-8-15-11-7-10(9(13)6-12(11)18-8)14-2-4-17-5-3-16/h6-7,14,16H,2-5,13H2,1H3. The number of aliphatic hydroxyl groups is 1. The highest BCUT2D eigenvalue weighted by atomic mass is 32.1. The van der Waals surface area contributed by atoms with E-state index in [-0.39, 0.29) is 6.61 Å². The van der Waals surface area contributed by atoms with Crippen molar-refractivity contribution in [3.8, 4) is 0 Å². The minimum Gasteiger partial charge on any atom is -0.397 e. The SMILES string of the molecule is Cc1nc2cc(NCCOCCO)c(N)cc2s1. The molecule has 1 heterocycles. The Bertz CT molecular complexity index is 527. The van der Waals surface area contributed by atoms with E-state index < -0.39 is 0 Å². The van der Waals surface area contributed by atoms with Gasteiger partial charge in [-0.15, -0.1) is 11.3 Å². The molecule has 0 spiro atoms. The van der Waals surface area contributed by atoms with Crippen LogP contribution in [0.1, 0.15) is 5.01 Å². The average molecular weight is 267 g/mol. The van der Waals surface area contributed by atoms with Crippen LogP contribution in [0.5, 0.6) is 0 Å². The molecule has 0 saturated heterocycles. The number of thiazole rings is 1. The van der Waals surface area contributed by atoms with Crippen molar-refractivity contribution < 1.29 is 9.84 Å². The van der Waals surface area contributed by atoms with Crippen molar-refractivity contribution in [2.45, 2.75) is 6.92 Å². The summed E-state index contributed by atoms with van der Waals surface area (Å²) in [6.07, 6.45) is 0. The molecule has 18 heavy (non-hydrogen) atoms. The lowest BCUT2D eigenvalue weighted by atomic mass is 10.2. The molecular weight excluding hydrogens is 250 g/mol. The molecule has 0 atom stereocenters. The first kappa shape index (κ1) is 13.1. The van der Waals surface area contributed by atoms with Gasteiger partial charge in [0.05, 0.1) is 46.4 Å². The van der Waals surface area contributed by atoms with Crippen molar-refractivity contribution >= 4 is 32.9 Å². The van der Waals surface area contributed by atoms with E-state index in [4.69, 9.17) is 15.6 Å². The Hall–Kier alpha value is -1.37. The van der Waals surface area contributed by atoms with E-state index >= 15 is 0 Å². The second kappa shape index (κ2) is 5.99. The number of nitrogens with one attached hydrogen (secondary N) is 1. The number of aromatic nitrogens is 1. The fourth-order valence-corrected chi connectivity index (χ4v) is 2.54. The number of hydrogen-bond donors (Lipinski definition) is 3. The van der Waals surface area contributed by atoms with Crippen LogP contribution in [0.15, 0.2) is 12.1 Å². The molecule has 0 aliphatic heterocycles. The van der Waals surface area contributed by atoms with Crippen LogP contribution in [0.3, 0.4) is 0 Å². The number of benzene rings is 1. The van der Waals surface area contributed by atoms with Crippen molar-refractivity contribution in [2.75, 3.05) is 37.4 Å². The predicted molar refractivity (Wildman–Crippen MR) is 75.2 cm³/mol. The van der Waals surface area contributed by atoms with E-state index in [9.17, 15) is 0 Å². The molecule has 0 fully saturated rings. The number of anilines is 2. The lowest BCUT2D eigenvalue weighted by molar-refractivity contribution is 0.0992. The summed E-state index contributed by atoms with van der Waals surface area (Å²) in [5.74, 6) is 0. The molecule has 5 nitrogen and oxygen atoms in total. The number of nitrogens with zero attached hydrogens (tertiary/aromatic N) is 1. The van der Waals surface area contributed by atoms with Gasteiger partial charge in [0.15, 0.2) is 0 Å². The molecule has 0 amide bonds. The largest absolute Gasteiger partial charge is 0.397 e. The Morgan fingerprint density at radius 2 is 2.28 bits per heavy atom. The molecule has 0 aliphatic carbocycles. The van der Waals surface area contributed by atoms with E-state index in [0.29, 0.717) is 25.4 Å². The molecule has 98 valence electrons. The molecule has 1 aromatic heterocycles. The number of hydrogen-bond acceptors (Lipinski definition) is 6. The lowest BCUT2D eigenvalue weighted by Gasteiger charge is -2.09. The van der Waals surface area contributed by atoms with Gasteiger partial charge in [0.1, 0.15) is 0 Å². The number of aryl methyl sites for hydroxylation is 1. The first-order chi connectivity index (χ1) is 8.70. The molecule has 0 radical (unpaired) electrons. The number of nitrogens with two attached hydrogens (primary N) is 1. The van der Waals surface area contributed by atoms with Gasteiger partial charge in [-0.3, -0.25) is 0 Å². The first-order valence-electron chi connectivity index (χ1n) is 5.80. The summed E-state index contributed by atoms with van der Waals surface area (Å²) in [5, 5.41) is 12.8. The van der Waals surface area contributed by atoms with Crippen LogP contribution < -0.4 is 11.1 Å². The first-order valence-corrected chi connectivity index (χ1v) is 6.61. The molecule has 1 aromatic carbocycles. The van der Waals surface area contributed by atoms with Gasteiger partial charge in [-0.1, -0.05) is 0 Å². The monoisotopic (exact) mass is 267 g/mol. The molecule has 2 rings (SSSR count). The summed E-state index contributed by atoms with van der Waals surface area (Å²) in [6, 6.07) is 3.90. The Labute approximate surface area is 110 Å². The van der Waals surface area contributed by atoms with E-state index in [1.54, 1.807) is 11.3 Å². The fraction of sp³-hybridized carbons (Fsp3) is 0.417. The molecule has 2 aromatic rings. The smallest absolute Gasteiger partial charge is 0.0907 e. The Balaban J connectivity index is 2.01. The van der Waals surface area contributed by atoms with Gasteiger partial charge in [-0.2, -0.15) is 0 Å². The van der Waals surface area contributed by atoms with Crippen LogP contribution in [0.25, 0.3) is 10.2 Å². The molecule has 0 unspecified atom stereocenters. The van der Waals surface area contributed by atoms with Crippen LogP contribution in [0, 0.1) is 6.92 Å². The quantitative estimate of drug-likeness (QED) is 0.547. The Morgan fingerprint density at radius 3 is 3.06 bits per heavy atom. The van der Waals surface area contributed by atoms with E-state index in [1.807, 2.05) is 19.1 Å². The molecule has 0 bridgehead atoms. The fourth-order valence-electron chi connectivity index (χ4n) is 1.68. The molecule has 4 N–H and O–H groups in total. The van der Waals surface area contributed by atoms with E-state index in [2.05, 4.69) is 10.3 Å². The topological polar surface area (TPSA) is 80.4 Å². The van der Waals surface area contributed by atoms with Gasteiger partial charge in [0, 0.05) is 6.54 Å². The van der Waals surface area contributed by atoms with Gasteiger partial charge < -0.3 is 20.9 Å². The van der Waals surface area contributed by atoms with Crippen LogP contribution in [0.2, 0.25) is 0 Å². The maximum atomic E-state index is 8.57. The van der Waals surface area contributed by atoms with Crippen LogP contribution in [0.4, 0.5) is 11.4 Å². The van der Waals surface area contributed by atoms with Crippen LogP contribution >= 0.6 is 11.3 Å². The van der Waals surface area contributed by atoms with Crippen molar-refractivity contribution in [3.63, 3.8) is 0 Å². The third kappa shape index (κ3) is 3.10. The van der Waals surface area contributed by atoms with Crippen LogP contribution in [-0.4, -0.2) is 36.5 Å². The second-order valence-electron chi connectivity index (χ2n) is 3.90. The highest BCUT2D eigenvalue weighted by Crippen LogP contribution is 2.29. The average Bonchev–Trinajstić information content (AvgIpc) is 2.68. The third-order valence-corrected chi connectivity index (χ3v) is 3.40. The van der Waals surface area contributed by atoms with Crippen molar-refractivity contribution in [1.82, 2.24) is 4.98 Å². The van der Waals surface area contributed by atoms with Crippen molar-refractivity contribution in [2.24, 2.45) is 0 Å². The highest BCUT2D eigenvalue weighted by Gasteiger charge is 2.05. The third-order valence-electron chi connectivity index (χ3n) is 2.46. The van der Waals surface area contributed by atoms with Crippen LogP contribution in [-0.2, 0) is 4.74 Å². The Kier molecular flexibility index (Phi) is 4.35. The molecule has 0 aliphatic rings. The number of rotatable bonds is 6. The molecule has 0 saturated carbocycles. The summed E-state index contributed by atoms with van der Waals surface area (Å²) in [6.45, 7) is 3.58. The number of nitrogen functional groups attached to an aromatic ring is 1. The van der Waals surface area contributed by atoms with Gasteiger partial charge >= 0.3 is 0 Å². The van der Waals surface area contributed by atoms with E-state index in [1.165, 1.54) is 0 Å². The minimum absolute atomic E-state index is 0.0478.